The zero-order chi connectivity index (χ0) is 23.6. The Balaban J connectivity index is 1.73. The van der Waals surface area contributed by atoms with Gasteiger partial charge < -0.3 is 4.57 Å². The Morgan fingerprint density at radius 3 is 2.03 bits per heavy atom. The SMILES string of the molecule is Fc1c(F)c(F)c2c(-c3ccc4c5ccccc5n(-c5ccccc5)c4c3)nnc(Cl)c2c1F. The molecule has 0 radical (unpaired) electrons. The summed E-state index contributed by atoms with van der Waals surface area (Å²) < 4.78 is 59.5. The van der Waals surface area contributed by atoms with Gasteiger partial charge in [0.25, 0.3) is 0 Å². The van der Waals surface area contributed by atoms with Gasteiger partial charge in [0, 0.05) is 22.0 Å². The zero-order valence-corrected chi connectivity index (χ0v) is 17.9. The monoisotopic (exact) mass is 477 g/mol. The molecule has 0 N–H and O–H groups in total. The van der Waals surface area contributed by atoms with Crippen molar-refractivity contribution in [2.75, 3.05) is 0 Å². The van der Waals surface area contributed by atoms with Gasteiger partial charge in [0.2, 0.25) is 0 Å². The van der Waals surface area contributed by atoms with Crippen molar-refractivity contribution in [1.29, 1.82) is 0 Å². The first-order valence-corrected chi connectivity index (χ1v) is 10.6. The highest BCUT2D eigenvalue weighted by atomic mass is 35.5. The molecule has 0 bridgehead atoms. The van der Waals surface area contributed by atoms with E-state index in [-0.39, 0.29) is 5.69 Å². The molecule has 0 fully saturated rings. The van der Waals surface area contributed by atoms with Crippen LogP contribution < -0.4 is 0 Å². The average Bonchev–Trinajstić information content (AvgIpc) is 3.20. The second-order valence-electron chi connectivity index (χ2n) is 7.77. The number of para-hydroxylation sites is 2. The van der Waals surface area contributed by atoms with E-state index in [4.69, 9.17) is 11.6 Å². The van der Waals surface area contributed by atoms with Crippen molar-refractivity contribution in [2.45, 2.75) is 0 Å². The minimum atomic E-state index is -1.95. The van der Waals surface area contributed by atoms with E-state index in [2.05, 4.69) is 10.2 Å². The Morgan fingerprint density at radius 2 is 1.26 bits per heavy atom. The van der Waals surface area contributed by atoms with Gasteiger partial charge in [0.15, 0.2) is 28.4 Å². The Bertz CT molecular complexity index is 1760. The quantitative estimate of drug-likeness (QED) is 0.146. The molecule has 2 heterocycles. The molecule has 4 aromatic carbocycles. The summed E-state index contributed by atoms with van der Waals surface area (Å²) in [6.07, 6.45) is 0. The fourth-order valence-electron chi connectivity index (χ4n) is 4.42. The molecule has 0 aliphatic heterocycles. The molecule has 6 rings (SSSR count). The number of nitrogens with zero attached hydrogens (tertiary/aromatic N) is 3. The molecular weight excluding hydrogens is 466 g/mol. The van der Waals surface area contributed by atoms with Crippen LogP contribution in [-0.2, 0) is 0 Å². The van der Waals surface area contributed by atoms with E-state index in [9.17, 15) is 17.6 Å². The predicted octanol–water partition coefficient (Wildman–Crippen LogP) is 7.60. The lowest BCUT2D eigenvalue weighted by molar-refractivity contribution is 0.418. The van der Waals surface area contributed by atoms with Crippen molar-refractivity contribution in [3.8, 4) is 16.9 Å². The lowest BCUT2D eigenvalue weighted by atomic mass is 10.0. The molecule has 8 heteroatoms. The van der Waals surface area contributed by atoms with Gasteiger partial charge in [-0.25, -0.2) is 17.6 Å². The zero-order valence-electron chi connectivity index (χ0n) is 17.2. The van der Waals surface area contributed by atoms with Gasteiger partial charge in [-0.2, -0.15) is 0 Å². The summed E-state index contributed by atoms with van der Waals surface area (Å²) in [5.41, 5.74) is 2.78. The third kappa shape index (κ3) is 2.83. The lowest BCUT2D eigenvalue weighted by Gasteiger charge is -2.11. The number of hydrogen-bond acceptors (Lipinski definition) is 2. The van der Waals surface area contributed by atoms with Crippen molar-refractivity contribution in [3.05, 3.63) is 101 Å². The average molecular weight is 478 g/mol. The van der Waals surface area contributed by atoms with Gasteiger partial charge in [0.05, 0.1) is 21.8 Å². The van der Waals surface area contributed by atoms with Crippen molar-refractivity contribution in [2.24, 2.45) is 0 Å². The predicted molar refractivity (Wildman–Crippen MR) is 124 cm³/mol. The number of fused-ring (bicyclic) bond motifs is 4. The van der Waals surface area contributed by atoms with E-state index in [0.29, 0.717) is 5.56 Å². The van der Waals surface area contributed by atoms with Crippen LogP contribution in [0.25, 0.3) is 49.5 Å². The maximum atomic E-state index is 14.9. The molecule has 2 aromatic heterocycles. The third-order valence-corrected chi connectivity index (χ3v) is 6.17. The van der Waals surface area contributed by atoms with Crippen molar-refractivity contribution >= 4 is 44.2 Å². The molecule has 0 aliphatic rings. The second kappa shape index (κ2) is 7.53. The molecule has 0 atom stereocenters. The van der Waals surface area contributed by atoms with Crippen LogP contribution in [0.4, 0.5) is 17.6 Å². The molecule has 0 amide bonds. The van der Waals surface area contributed by atoms with Gasteiger partial charge in [-0.05, 0) is 24.3 Å². The molecule has 0 saturated carbocycles. The summed E-state index contributed by atoms with van der Waals surface area (Å²) in [7, 11) is 0. The van der Waals surface area contributed by atoms with E-state index in [1.807, 2.05) is 65.2 Å². The smallest absolute Gasteiger partial charge is 0.198 e. The third-order valence-electron chi connectivity index (χ3n) is 5.91. The number of rotatable bonds is 2. The van der Waals surface area contributed by atoms with Crippen LogP contribution in [0.15, 0.2) is 72.8 Å². The van der Waals surface area contributed by atoms with E-state index in [0.717, 1.165) is 27.5 Å². The number of benzene rings is 4. The van der Waals surface area contributed by atoms with Crippen molar-refractivity contribution < 1.29 is 17.6 Å². The molecule has 0 aliphatic carbocycles. The van der Waals surface area contributed by atoms with Crippen LogP contribution in [0.2, 0.25) is 5.15 Å². The Hall–Kier alpha value is -3.97. The molecule has 166 valence electrons. The van der Waals surface area contributed by atoms with Crippen LogP contribution in [0, 0.1) is 23.3 Å². The minimum absolute atomic E-state index is 0.151. The summed E-state index contributed by atoms with van der Waals surface area (Å²) in [5.74, 6) is -7.08. The van der Waals surface area contributed by atoms with Crippen LogP contribution in [-0.4, -0.2) is 14.8 Å². The number of aromatic nitrogens is 3. The highest BCUT2D eigenvalue weighted by molar-refractivity contribution is 6.34. The topological polar surface area (TPSA) is 30.7 Å². The second-order valence-corrected chi connectivity index (χ2v) is 8.12. The Kier molecular flexibility index (Phi) is 4.57. The molecule has 0 spiro atoms. The van der Waals surface area contributed by atoms with Crippen LogP contribution in [0.1, 0.15) is 0 Å². The molecule has 0 unspecified atom stereocenters. The first kappa shape index (κ1) is 20.6. The van der Waals surface area contributed by atoms with E-state index in [1.54, 1.807) is 12.1 Å². The van der Waals surface area contributed by atoms with Gasteiger partial charge in [-0.3, -0.25) is 0 Å². The summed E-state index contributed by atoms with van der Waals surface area (Å²) in [4.78, 5) is 0. The van der Waals surface area contributed by atoms with Crippen molar-refractivity contribution in [3.63, 3.8) is 0 Å². The first-order chi connectivity index (χ1) is 16.5. The summed E-state index contributed by atoms with van der Waals surface area (Å²) in [5, 5.41) is 7.71. The van der Waals surface area contributed by atoms with Crippen molar-refractivity contribution in [1.82, 2.24) is 14.8 Å². The van der Waals surface area contributed by atoms with Gasteiger partial charge in [0.1, 0.15) is 5.69 Å². The lowest BCUT2D eigenvalue weighted by Crippen LogP contribution is -2.03. The van der Waals surface area contributed by atoms with Crippen LogP contribution in [0.3, 0.4) is 0 Å². The summed E-state index contributed by atoms with van der Waals surface area (Å²) in [6.45, 7) is 0. The molecular formula is C26H12ClF4N3. The van der Waals surface area contributed by atoms with E-state index < -0.39 is 39.2 Å². The number of hydrogen-bond donors (Lipinski definition) is 0. The highest BCUT2D eigenvalue weighted by Gasteiger charge is 2.26. The fraction of sp³-hybridized carbons (Fsp3) is 0. The van der Waals surface area contributed by atoms with Crippen LogP contribution >= 0.6 is 11.6 Å². The highest BCUT2D eigenvalue weighted by Crippen LogP contribution is 2.39. The largest absolute Gasteiger partial charge is 0.309 e. The molecule has 34 heavy (non-hydrogen) atoms. The molecule has 3 nitrogen and oxygen atoms in total. The standard InChI is InChI=1S/C26H12ClF4N3/c27-26-20-19(21(28)23(30)24(31)22(20)29)25(32-33-26)13-10-11-16-15-8-4-5-9-17(15)34(18(16)12-13)14-6-2-1-3-7-14/h1-12H. The minimum Gasteiger partial charge on any atom is -0.309 e. The Morgan fingerprint density at radius 1 is 0.618 bits per heavy atom. The maximum Gasteiger partial charge on any atom is 0.198 e. The summed E-state index contributed by atoms with van der Waals surface area (Å²) in [6, 6.07) is 22.7. The van der Waals surface area contributed by atoms with Gasteiger partial charge >= 0.3 is 0 Å². The fourth-order valence-corrected chi connectivity index (χ4v) is 4.63. The van der Waals surface area contributed by atoms with Gasteiger partial charge in [-0.15, -0.1) is 10.2 Å². The van der Waals surface area contributed by atoms with Crippen LogP contribution in [0.5, 0.6) is 0 Å². The van der Waals surface area contributed by atoms with E-state index in [1.165, 1.54) is 0 Å². The molecule has 6 aromatic rings. The normalized spacial score (nSPS) is 11.7. The first-order valence-electron chi connectivity index (χ1n) is 10.2. The Labute approximate surface area is 194 Å². The number of halogens is 5. The molecule has 0 saturated heterocycles. The van der Waals surface area contributed by atoms with E-state index >= 15 is 0 Å². The maximum absolute atomic E-state index is 14.9. The summed E-state index contributed by atoms with van der Waals surface area (Å²) >= 11 is 5.90. The van der Waals surface area contributed by atoms with Gasteiger partial charge in [-0.1, -0.05) is 60.1 Å².